The summed E-state index contributed by atoms with van der Waals surface area (Å²) in [5.74, 6) is 0. The number of likely N-dealkylation sites (tertiary alicyclic amines) is 1. The van der Waals surface area contributed by atoms with Crippen LogP contribution in [-0.2, 0) is 11.3 Å². The van der Waals surface area contributed by atoms with Crippen LogP contribution in [0.5, 0.6) is 0 Å². The average Bonchev–Trinajstić information content (AvgIpc) is 2.89. The summed E-state index contributed by atoms with van der Waals surface area (Å²) in [7, 11) is 0. The Kier molecular flexibility index (Phi) is 5.06. The minimum Gasteiger partial charge on any atom is -0.376 e. The SMILES string of the molecule is c1cnc2c(CN3CCCOC(CN4CCCCC4)C3)cnn2c1. The Labute approximate surface area is 143 Å². The van der Waals surface area contributed by atoms with Crippen LogP contribution in [0.3, 0.4) is 0 Å². The molecular formula is C18H27N5O. The molecule has 2 saturated heterocycles. The Balaban J connectivity index is 1.40. The van der Waals surface area contributed by atoms with Crippen LogP contribution in [0, 0.1) is 0 Å². The van der Waals surface area contributed by atoms with Crippen LogP contribution in [-0.4, -0.2) is 69.8 Å². The van der Waals surface area contributed by atoms with Crippen molar-refractivity contribution < 1.29 is 4.74 Å². The van der Waals surface area contributed by atoms with Gasteiger partial charge in [-0.25, -0.2) is 9.50 Å². The molecule has 0 spiro atoms. The first-order valence-electron chi connectivity index (χ1n) is 9.22. The second-order valence-electron chi connectivity index (χ2n) is 7.00. The minimum atomic E-state index is 0.320. The molecule has 0 bridgehead atoms. The van der Waals surface area contributed by atoms with E-state index >= 15 is 0 Å². The van der Waals surface area contributed by atoms with Crippen LogP contribution in [0.1, 0.15) is 31.2 Å². The van der Waals surface area contributed by atoms with Gasteiger partial charge >= 0.3 is 0 Å². The lowest BCUT2D eigenvalue weighted by molar-refractivity contribution is 0.0217. The lowest BCUT2D eigenvalue weighted by Crippen LogP contribution is -2.42. The van der Waals surface area contributed by atoms with Gasteiger partial charge in [0.05, 0.1) is 12.3 Å². The molecule has 0 amide bonds. The maximum atomic E-state index is 6.12. The Bertz CT molecular complexity index is 652. The maximum absolute atomic E-state index is 6.12. The summed E-state index contributed by atoms with van der Waals surface area (Å²) in [4.78, 5) is 9.56. The summed E-state index contributed by atoms with van der Waals surface area (Å²) in [6, 6.07) is 1.91. The quantitative estimate of drug-likeness (QED) is 0.856. The zero-order valence-corrected chi connectivity index (χ0v) is 14.3. The molecule has 0 radical (unpaired) electrons. The predicted molar refractivity (Wildman–Crippen MR) is 92.9 cm³/mol. The van der Waals surface area contributed by atoms with E-state index in [0.29, 0.717) is 6.10 Å². The van der Waals surface area contributed by atoms with Crippen LogP contribution in [0.25, 0.3) is 5.65 Å². The van der Waals surface area contributed by atoms with Crippen LogP contribution in [0.2, 0.25) is 0 Å². The molecular weight excluding hydrogens is 302 g/mol. The zero-order valence-electron chi connectivity index (χ0n) is 14.3. The number of nitrogens with zero attached hydrogens (tertiary/aromatic N) is 5. The monoisotopic (exact) mass is 329 g/mol. The van der Waals surface area contributed by atoms with Crippen molar-refractivity contribution in [3.8, 4) is 0 Å². The maximum Gasteiger partial charge on any atom is 0.159 e. The average molecular weight is 329 g/mol. The third-order valence-electron chi connectivity index (χ3n) is 5.09. The highest BCUT2D eigenvalue weighted by molar-refractivity contribution is 5.45. The predicted octanol–water partition coefficient (Wildman–Crippen LogP) is 1.81. The molecule has 1 atom stereocenters. The van der Waals surface area contributed by atoms with E-state index in [-0.39, 0.29) is 0 Å². The van der Waals surface area contributed by atoms with E-state index < -0.39 is 0 Å². The minimum absolute atomic E-state index is 0.320. The summed E-state index contributed by atoms with van der Waals surface area (Å²) in [5, 5.41) is 4.41. The number of fused-ring (bicyclic) bond motifs is 1. The molecule has 1 unspecified atom stereocenters. The fourth-order valence-electron chi connectivity index (χ4n) is 3.88. The van der Waals surface area contributed by atoms with Gasteiger partial charge in [0.2, 0.25) is 0 Å². The zero-order chi connectivity index (χ0) is 16.2. The van der Waals surface area contributed by atoms with Gasteiger partial charge in [0.15, 0.2) is 5.65 Å². The number of ether oxygens (including phenoxy) is 1. The first-order valence-corrected chi connectivity index (χ1v) is 9.22. The van der Waals surface area contributed by atoms with Gasteiger partial charge in [0.25, 0.3) is 0 Å². The first kappa shape index (κ1) is 16.0. The molecule has 0 aliphatic carbocycles. The Morgan fingerprint density at radius 1 is 1.08 bits per heavy atom. The molecule has 0 saturated carbocycles. The van der Waals surface area contributed by atoms with Gasteiger partial charge in [-0.2, -0.15) is 5.10 Å². The van der Waals surface area contributed by atoms with Gasteiger partial charge in [0.1, 0.15) is 0 Å². The van der Waals surface area contributed by atoms with Crippen molar-refractivity contribution >= 4 is 5.65 Å². The fraction of sp³-hybridized carbons (Fsp3) is 0.667. The van der Waals surface area contributed by atoms with Crippen molar-refractivity contribution in [1.82, 2.24) is 24.4 Å². The normalized spacial score (nSPS) is 24.2. The van der Waals surface area contributed by atoms with Crippen molar-refractivity contribution in [2.45, 2.75) is 38.3 Å². The van der Waals surface area contributed by atoms with E-state index in [1.165, 1.54) is 37.9 Å². The molecule has 6 nitrogen and oxygen atoms in total. The molecule has 130 valence electrons. The van der Waals surface area contributed by atoms with Gasteiger partial charge < -0.3 is 9.64 Å². The molecule has 2 aromatic rings. The van der Waals surface area contributed by atoms with Crippen LogP contribution >= 0.6 is 0 Å². The van der Waals surface area contributed by atoms with Crippen molar-refractivity contribution in [2.24, 2.45) is 0 Å². The van der Waals surface area contributed by atoms with Gasteiger partial charge in [-0.15, -0.1) is 0 Å². The van der Waals surface area contributed by atoms with E-state index in [0.717, 1.165) is 44.9 Å². The molecule has 0 N–H and O–H groups in total. The standard InChI is InChI=1S/C18H27N5O/c1-2-7-21(8-3-1)14-17-15-22(9-5-11-24-17)13-16-12-20-23-10-4-6-19-18(16)23/h4,6,10,12,17H,1-3,5,7-9,11,13-15H2. The molecule has 2 aliphatic rings. The number of aromatic nitrogens is 3. The molecule has 4 heterocycles. The summed E-state index contributed by atoms with van der Waals surface area (Å²) >= 11 is 0. The lowest BCUT2D eigenvalue weighted by Gasteiger charge is -2.31. The second kappa shape index (κ2) is 7.59. The van der Waals surface area contributed by atoms with Crippen molar-refractivity contribution in [3.63, 3.8) is 0 Å². The smallest absolute Gasteiger partial charge is 0.159 e. The van der Waals surface area contributed by atoms with E-state index in [9.17, 15) is 0 Å². The summed E-state index contributed by atoms with van der Waals surface area (Å²) in [5.41, 5.74) is 2.17. The van der Waals surface area contributed by atoms with Crippen molar-refractivity contribution in [1.29, 1.82) is 0 Å². The lowest BCUT2D eigenvalue weighted by atomic mass is 10.1. The van der Waals surface area contributed by atoms with Gasteiger partial charge in [-0.05, 0) is 38.4 Å². The van der Waals surface area contributed by atoms with Crippen molar-refractivity contribution in [2.75, 3.05) is 39.3 Å². The van der Waals surface area contributed by atoms with Crippen LogP contribution in [0.15, 0.2) is 24.7 Å². The summed E-state index contributed by atoms with van der Waals surface area (Å²) < 4.78 is 7.98. The third kappa shape index (κ3) is 3.77. The largest absolute Gasteiger partial charge is 0.376 e. The fourth-order valence-corrected chi connectivity index (χ4v) is 3.88. The second-order valence-corrected chi connectivity index (χ2v) is 7.00. The van der Waals surface area contributed by atoms with E-state index in [1.807, 2.05) is 29.2 Å². The Morgan fingerprint density at radius 3 is 2.88 bits per heavy atom. The summed E-state index contributed by atoms with van der Waals surface area (Å²) in [6.07, 6.45) is 11.2. The Hall–Kier alpha value is -1.50. The van der Waals surface area contributed by atoms with Gasteiger partial charge in [-0.3, -0.25) is 4.90 Å². The molecule has 6 heteroatoms. The molecule has 2 aromatic heterocycles. The highest BCUT2D eigenvalue weighted by Gasteiger charge is 2.23. The van der Waals surface area contributed by atoms with E-state index in [4.69, 9.17) is 4.74 Å². The molecule has 2 fully saturated rings. The molecule has 0 aromatic carbocycles. The molecule has 4 rings (SSSR count). The van der Waals surface area contributed by atoms with Gasteiger partial charge in [-0.1, -0.05) is 6.42 Å². The number of hydrogen-bond acceptors (Lipinski definition) is 5. The molecule has 2 aliphatic heterocycles. The Morgan fingerprint density at radius 2 is 1.96 bits per heavy atom. The van der Waals surface area contributed by atoms with Gasteiger partial charge in [0, 0.05) is 50.7 Å². The summed E-state index contributed by atoms with van der Waals surface area (Å²) in [6.45, 7) is 7.41. The van der Waals surface area contributed by atoms with Crippen molar-refractivity contribution in [3.05, 3.63) is 30.2 Å². The topological polar surface area (TPSA) is 45.9 Å². The van der Waals surface area contributed by atoms with Crippen LogP contribution in [0.4, 0.5) is 0 Å². The van der Waals surface area contributed by atoms with E-state index in [1.54, 1.807) is 0 Å². The van der Waals surface area contributed by atoms with E-state index in [2.05, 4.69) is 19.9 Å². The first-order chi connectivity index (χ1) is 11.9. The molecule has 24 heavy (non-hydrogen) atoms. The number of hydrogen-bond donors (Lipinski definition) is 0. The highest BCUT2D eigenvalue weighted by Crippen LogP contribution is 2.16. The number of rotatable bonds is 4. The highest BCUT2D eigenvalue weighted by atomic mass is 16.5. The van der Waals surface area contributed by atoms with Crippen LogP contribution < -0.4 is 0 Å². The number of piperidine rings is 1. The third-order valence-corrected chi connectivity index (χ3v) is 5.09.